The number of rotatable bonds is 5. The van der Waals surface area contributed by atoms with Crippen LogP contribution in [0.4, 0.5) is 5.69 Å². The molecule has 0 aliphatic carbocycles. The Labute approximate surface area is 160 Å². The zero-order valence-electron chi connectivity index (χ0n) is 15.6. The number of anilines is 1. The van der Waals surface area contributed by atoms with Crippen LogP contribution in [0.1, 0.15) is 36.3 Å². The van der Waals surface area contributed by atoms with E-state index in [0.29, 0.717) is 12.5 Å². The molecule has 4 nitrogen and oxygen atoms in total. The van der Waals surface area contributed by atoms with E-state index in [9.17, 15) is 9.59 Å². The van der Waals surface area contributed by atoms with Gasteiger partial charge in [0.25, 0.3) is 5.91 Å². The third kappa shape index (κ3) is 3.96. The van der Waals surface area contributed by atoms with Crippen molar-refractivity contribution in [2.45, 2.75) is 31.6 Å². The maximum Gasteiger partial charge on any atom is 0.294 e. The molecule has 0 spiro atoms. The Morgan fingerprint density at radius 3 is 2.33 bits per heavy atom. The van der Waals surface area contributed by atoms with E-state index in [1.807, 2.05) is 24.3 Å². The zero-order valence-corrected chi connectivity index (χ0v) is 15.6. The summed E-state index contributed by atoms with van der Waals surface area (Å²) >= 11 is 0. The molecule has 4 rings (SSSR count). The summed E-state index contributed by atoms with van der Waals surface area (Å²) in [6, 6.07) is 18.5. The molecule has 0 aromatic heterocycles. The monoisotopic (exact) mass is 362 g/mol. The Balaban J connectivity index is 1.29. The van der Waals surface area contributed by atoms with E-state index >= 15 is 0 Å². The molecule has 2 heterocycles. The molecule has 2 aromatic carbocycles. The fraction of sp³-hybridized carbons (Fsp3) is 0.391. The van der Waals surface area contributed by atoms with E-state index in [1.165, 1.54) is 18.4 Å². The molecule has 2 aliphatic heterocycles. The van der Waals surface area contributed by atoms with Crippen LogP contribution < -0.4 is 4.90 Å². The van der Waals surface area contributed by atoms with E-state index < -0.39 is 0 Å². The lowest BCUT2D eigenvalue weighted by Gasteiger charge is -2.33. The molecule has 1 saturated heterocycles. The van der Waals surface area contributed by atoms with Gasteiger partial charge in [0.1, 0.15) is 0 Å². The average Bonchev–Trinajstić information content (AvgIpc) is 2.72. The van der Waals surface area contributed by atoms with E-state index in [1.54, 1.807) is 4.90 Å². The Bertz CT molecular complexity index is 810. The van der Waals surface area contributed by atoms with Crippen molar-refractivity contribution in [2.75, 3.05) is 31.1 Å². The van der Waals surface area contributed by atoms with Crippen LogP contribution in [0.3, 0.4) is 0 Å². The van der Waals surface area contributed by atoms with Gasteiger partial charge in [-0.25, -0.2) is 0 Å². The summed E-state index contributed by atoms with van der Waals surface area (Å²) in [4.78, 5) is 28.5. The molecule has 0 unspecified atom stereocenters. The van der Waals surface area contributed by atoms with Crippen molar-refractivity contribution in [3.8, 4) is 0 Å². The molecule has 4 heteroatoms. The number of amides is 1. The summed E-state index contributed by atoms with van der Waals surface area (Å²) in [6.07, 6.45) is 3.50. The normalized spacial score (nSPS) is 18.6. The third-order valence-electron chi connectivity index (χ3n) is 5.83. The topological polar surface area (TPSA) is 40.6 Å². The van der Waals surface area contributed by atoms with Gasteiger partial charge in [0.15, 0.2) is 0 Å². The lowest BCUT2D eigenvalue weighted by Crippen LogP contribution is -2.43. The minimum atomic E-state index is -0.350. The highest BCUT2D eigenvalue weighted by atomic mass is 16.2. The first-order valence-corrected chi connectivity index (χ1v) is 9.92. The van der Waals surface area contributed by atoms with Crippen LogP contribution in [0.25, 0.3) is 0 Å². The summed E-state index contributed by atoms with van der Waals surface area (Å²) in [5, 5.41) is 0. The molecule has 0 bridgehead atoms. The number of Topliss-reactive ketones (excluding diaryl/α,β-unsaturated/α-hetero) is 1. The molecular formula is C23H26N2O2. The molecule has 2 aromatic rings. The van der Waals surface area contributed by atoms with Gasteiger partial charge in [0.05, 0.1) is 0 Å². The van der Waals surface area contributed by atoms with Crippen molar-refractivity contribution in [1.82, 2.24) is 4.90 Å². The molecule has 1 fully saturated rings. The summed E-state index contributed by atoms with van der Waals surface area (Å²) < 4.78 is 0. The van der Waals surface area contributed by atoms with Gasteiger partial charge in [-0.1, -0.05) is 48.5 Å². The van der Waals surface area contributed by atoms with Crippen molar-refractivity contribution >= 4 is 17.4 Å². The quantitative estimate of drug-likeness (QED) is 0.766. The standard InChI is InChI=1S/C23H26N2O2/c26-22-17-20-9-4-5-10-21(20)25(23(22)27)14-6-13-24-15-11-19(12-16-24)18-7-2-1-3-8-18/h1-5,7-10,19H,6,11-17H2. The predicted octanol–water partition coefficient (Wildman–Crippen LogP) is 3.41. The first-order valence-electron chi connectivity index (χ1n) is 9.92. The van der Waals surface area contributed by atoms with Crippen molar-refractivity contribution in [2.24, 2.45) is 0 Å². The number of fused-ring (bicyclic) bond motifs is 1. The highest BCUT2D eigenvalue weighted by molar-refractivity contribution is 6.43. The van der Waals surface area contributed by atoms with Crippen molar-refractivity contribution in [1.29, 1.82) is 0 Å². The van der Waals surface area contributed by atoms with Gasteiger partial charge >= 0.3 is 0 Å². The number of para-hydroxylation sites is 1. The summed E-state index contributed by atoms with van der Waals surface area (Å²) in [5.74, 6) is 0.0180. The maximum absolute atomic E-state index is 12.3. The van der Waals surface area contributed by atoms with Crippen LogP contribution in [-0.2, 0) is 16.0 Å². The molecule has 1 amide bonds. The van der Waals surface area contributed by atoms with Gasteiger partial charge in [0.2, 0.25) is 5.78 Å². The average molecular weight is 362 g/mol. The number of piperidine rings is 1. The van der Waals surface area contributed by atoms with Crippen molar-refractivity contribution < 1.29 is 9.59 Å². The molecule has 27 heavy (non-hydrogen) atoms. The lowest BCUT2D eigenvalue weighted by molar-refractivity contribution is -0.136. The predicted molar refractivity (Wildman–Crippen MR) is 107 cm³/mol. The second-order valence-electron chi connectivity index (χ2n) is 7.57. The molecular weight excluding hydrogens is 336 g/mol. The largest absolute Gasteiger partial charge is 0.305 e. The highest BCUT2D eigenvalue weighted by Crippen LogP contribution is 2.28. The van der Waals surface area contributed by atoms with Crippen LogP contribution in [0.15, 0.2) is 54.6 Å². The SMILES string of the molecule is O=C1Cc2ccccc2N(CCCN2CCC(c3ccccc3)CC2)C1=O. The Kier molecular flexibility index (Phi) is 5.35. The number of hydrogen-bond acceptors (Lipinski definition) is 3. The van der Waals surface area contributed by atoms with Crippen molar-refractivity contribution in [3.05, 3.63) is 65.7 Å². The Morgan fingerprint density at radius 2 is 1.56 bits per heavy atom. The highest BCUT2D eigenvalue weighted by Gasteiger charge is 2.30. The van der Waals surface area contributed by atoms with Gasteiger partial charge in [0, 0.05) is 18.7 Å². The molecule has 0 radical (unpaired) electrons. The van der Waals surface area contributed by atoms with Crippen LogP contribution in [-0.4, -0.2) is 42.8 Å². The number of ketones is 1. The van der Waals surface area contributed by atoms with E-state index in [4.69, 9.17) is 0 Å². The summed E-state index contributed by atoms with van der Waals surface area (Å²) in [7, 11) is 0. The summed E-state index contributed by atoms with van der Waals surface area (Å²) in [5.41, 5.74) is 3.32. The number of benzene rings is 2. The van der Waals surface area contributed by atoms with Gasteiger partial charge < -0.3 is 9.80 Å². The van der Waals surface area contributed by atoms with Crippen LogP contribution in [0.2, 0.25) is 0 Å². The van der Waals surface area contributed by atoms with Crippen LogP contribution >= 0.6 is 0 Å². The van der Waals surface area contributed by atoms with E-state index in [0.717, 1.165) is 37.3 Å². The summed E-state index contributed by atoms with van der Waals surface area (Å²) in [6.45, 7) is 3.79. The van der Waals surface area contributed by atoms with Gasteiger partial charge in [-0.3, -0.25) is 9.59 Å². The second-order valence-corrected chi connectivity index (χ2v) is 7.57. The Hall–Kier alpha value is -2.46. The lowest BCUT2D eigenvalue weighted by atomic mass is 9.89. The zero-order chi connectivity index (χ0) is 18.6. The number of hydrogen-bond donors (Lipinski definition) is 0. The molecule has 0 N–H and O–H groups in total. The third-order valence-corrected chi connectivity index (χ3v) is 5.83. The smallest absolute Gasteiger partial charge is 0.294 e. The van der Waals surface area contributed by atoms with Crippen LogP contribution in [0, 0.1) is 0 Å². The number of likely N-dealkylation sites (tertiary alicyclic amines) is 1. The minimum Gasteiger partial charge on any atom is -0.305 e. The van der Waals surface area contributed by atoms with Crippen molar-refractivity contribution in [3.63, 3.8) is 0 Å². The number of carbonyl (C=O) groups is 2. The number of carbonyl (C=O) groups excluding carboxylic acids is 2. The first-order chi connectivity index (χ1) is 13.2. The molecule has 2 aliphatic rings. The van der Waals surface area contributed by atoms with Crippen LogP contribution in [0.5, 0.6) is 0 Å². The minimum absolute atomic E-state index is 0.235. The fourth-order valence-corrected chi connectivity index (χ4v) is 4.32. The number of nitrogens with zero attached hydrogens (tertiary/aromatic N) is 2. The van der Waals surface area contributed by atoms with E-state index in [2.05, 4.69) is 35.2 Å². The maximum atomic E-state index is 12.3. The molecule has 0 saturated carbocycles. The van der Waals surface area contributed by atoms with Gasteiger partial charge in [-0.05, 0) is 62.0 Å². The van der Waals surface area contributed by atoms with Gasteiger partial charge in [-0.2, -0.15) is 0 Å². The fourth-order valence-electron chi connectivity index (χ4n) is 4.32. The Morgan fingerprint density at radius 1 is 0.852 bits per heavy atom. The second kappa shape index (κ2) is 8.05. The molecule has 140 valence electrons. The van der Waals surface area contributed by atoms with E-state index in [-0.39, 0.29) is 18.1 Å². The molecule has 0 atom stereocenters. The first kappa shape index (κ1) is 17.9. The van der Waals surface area contributed by atoms with Gasteiger partial charge in [-0.15, -0.1) is 0 Å².